The smallest absolute Gasteiger partial charge is 0.339 e. The first-order valence-electron chi connectivity index (χ1n) is 11.6. The number of aliphatic hydroxyl groups excluding tert-OH is 1. The van der Waals surface area contributed by atoms with E-state index in [4.69, 9.17) is 9.84 Å². The number of rotatable bonds is 1. The lowest BCUT2D eigenvalue weighted by Crippen LogP contribution is -2.64. The van der Waals surface area contributed by atoms with Gasteiger partial charge in [-0.3, -0.25) is 9.59 Å². The second-order valence-corrected chi connectivity index (χ2v) is 11.2. The molecule has 6 nitrogen and oxygen atoms in total. The zero-order valence-electron chi connectivity index (χ0n) is 20.7. The van der Waals surface area contributed by atoms with Gasteiger partial charge in [0, 0.05) is 36.4 Å². The highest BCUT2D eigenvalue weighted by molar-refractivity contribution is 6.25. The molecular weight excluding hydrogens is 408 g/mol. The summed E-state index contributed by atoms with van der Waals surface area (Å²) in [5.74, 6) is -0.172. The van der Waals surface area contributed by atoms with Gasteiger partial charge in [0.05, 0.1) is 5.41 Å². The summed E-state index contributed by atoms with van der Waals surface area (Å²) in [5.41, 5.74) is -0.853. The van der Waals surface area contributed by atoms with E-state index < -0.39 is 28.2 Å². The molecule has 0 radical (unpaired) electrons. The van der Waals surface area contributed by atoms with Crippen LogP contribution in [0.25, 0.3) is 0 Å². The molecule has 0 bridgehead atoms. The average Bonchev–Trinajstić information content (AvgIpc) is 3.06. The Morgan fingerprint density at radius 2 is 1.66 bits per heavy atom. The van der Waals surface area contributed by atoms with Crippen LogP contribution in [0.3, 0.4) is 0 Å². The number of carbonyl (C=O) groups excluding carboxylic acids is 2. The molecule has 1 aliphatic heterocycles. The number of ketones is 2. The molecule has 1 saturated heterocycles. The minimum Gasteiger partial charge on any atom is -0.489 e. The minimum absolute atomic E-state index is 0.108. The Bertz CT molecular complexity index is 940. The van der Waals surface area contributed by atoms with E-state index in [1.165, 1.54) is 0 Å². The topological polar surface area (TPSA) is 101 Å². The van der Waals surface area contributed by atoms with E-state index in [-0.39, 0.29) is 22.8 Å². The molecule has 178 valence electrons. The van der Waals surface area contributed by atoms with E-state index in [1.54, 1.807) is 13.8 Å². The molecule has 0 unspecified atom stereocenters. The predicted octanol–water partition coefficient (Wildman–Crippen LogP) is 4.46. The molecule has 1 spiro atoms. The zero-order valence-corrected chi connectivity index (χ0v) is 20.7. The molecular formula is C26H38O6. The number of fused-ring (bicyclic) bond motifs is 3. The summed E-state index contributed by atoms with van der Waals surface area (Å²) in [5, 5.41) is 16.7. The monoisotopic (exact) mass is 446 g/mol. The molecule has 32 heavy (non-hydrogen) atoms. The maximum atomic E-state index is 12.9. The van der Waals surface area contributed by atoms with E-state index in [0.717, 1.165) is 26.4 Å². The fourth-order valence-corrected chi connectivity index (χ4v) is 7.58. The summed E-state index contributed by atoms with van der Waals surface area (Å²) in [6.07, 6.45) is 3.92. The van der Waals surface area contributed by atoms with Crippen molar-refractivity contribution in [2.24, 2.45) is 28.1 Å². The first-order chi connectivity index (χ1) is 14.7. The zero-order chi connectivity index (χ0) is 24.4. The van der Waals surface area contributed by atoms with Gasteiger partial charge in [-0.2, -0.15) is 0 Å². The molecule has 0 aromatic heterocycles. The fraction of sp³-hybridized carbons (Fsp3) is 0.731. The lowest BCUT2D eigenvalue weighted by molar-refractivity contribution is -0.202. The van der Waals surface area contributed by atoms with Gasteiger partial charge in [-0.25, -0.2) is 4.79 Å². The van der Waals surface area contributed by atoms with Crippen molar-refractivity contribution in [1.82, 2.24) is 0 Å². The molecule has 0 aromatic rings. The molecule has 3 fully saturated rings. The number of carbonyl (C=O) groups is 3. The van der Waals surface area contributed by atoms with Crippen molar-refractivity contribution in [3.8, 4) is 0 Å². The van der Waals surface area contributed by atoms with Crippen LogP contribution in [0.2, 0.25) is 0 Å². The van der Waals surface area contributed by atoms with Crippen molar-refractivity contribution in [2.45, 2.75) is 86.2 Å². The lowest BCUT2D eigenvalue weighted by Gasteiger charge is -2.62. The van der Waals surface area contributed by atoms with Crippen LogP contribution in [0, 0.1) is 28.1 Å². The van der Waals surface area contributed by atoms with Gasteiger partial charge in [0.15, 0.2) is 5.78 Å². The summed E-state index contributed by atoms with van der Waals surface area (Å²) < 4.78 is 6.91. The van der Waals surface area contributed by atoms with E-state index in [0.29, 0.717) is 35.5 Å². The molecule has 4 rings (SSSR count). The van der Waals surface area contributed by atoms with Crippen LogP contribution in [0.4, 0.5) is 0 Å². The highest BCUT2D eigenvalue weighted by Gasteiger charge is 2.70. The quantitative estimate of drug-likeness (QED) is 0.577. The molecule has 2 saturated carbocycles. The second kappa shape index (κ2) is 7.54. The minimum atomic E-state index is -1.16. The third-order valence-electron chi connectivity index (χ3n) is 9.61. The Kier molecular flexibility index (Phi) is 5.82. The number of carboxylic acid groups (broad SMARTS) is 1. The summed E-state index contributed by atoms with van der Waals surface area (Å²) >= 11 is 0. The standard InChI is InChI=1S/C25H34O5.CH4O/c1-13-8-9-16-22(4,5)17(26)10-11-24(16,7)25(13)12-23(6)15(3)18(21(28)29)19(27)14(2)20(23)30-25;1-2/h13,16H,8-12H2,1-7H3,(H,28,29);2H,1H3/t13-,16-,23+,24-,25-;/m0./s1. The van der Waals surface area contributed by atoms with E-state index >= 15 is 0 Å². The fourth-order valence-electron chi connectivity index (χ4n) is 7.58. The van der Waals surface area contributed by atoms with E-state index in [2.05, 4.69) is 27.7 Å². The summed E-state index contributed by atoms with van der Waals surface area (Å²) in [4.78, 5) is 37.6. The van der Waals surface area contributed by atoms with Crippen molar-refractivity contribution in [2.75, 3.05) is 7.11 Å². The number of allylic oxidation sites excluding steroid dienone is 2. The average molecular weight is 447 g/mol. The van der Waals surface area contributed by atoms with Crippen LogP contribution in [0.1, 0.15) is 80.6 Å². The Morgan fingerprint density at radius 3 is 2.22 bits per heavy atom. The third kappa shape index (κ3) is 2.84. The molecule has 4 aliphatic rings. The summed E-state index contributed by atoms with van der Waals surface area (Å²) in [7, 11) is 1.00. The van der Waals surface area contributed by atoms with Crippen molar-refractivity contribution in [3.63, 3.8) is 0 Å². The predicted molar refractivity (Wildman–Crippen MR) is 121 cm³/mol. The van der Waals surface area contributed by atoms with Crippen LogP contribution in [0.15, 0.2) is 22.5 Å². The molecule has 6 heteroatoms. The molecule has 5 atom stereocenters. The van der Waals surface area contributed by atoms with Crippen molar-refractivity contribution in [1.29, 1.82) is 0 Å². The van der Waals surface area contributed by atoms with Gasteiger partial charge in [0.1, 0.15) is 22.7 Å². The number of hydrogen-bond acceptors (Lipinski definition) is 5. The van der Waals surface area contributed by atoms with Crippen molar-refractivity contribution < 1.29 is 29.3 Å². The highest BCUT2D eigenvalue weighted by atomic mass is 16.5. The lowest BCUT2D eigenvalue weighted by atomic mass is 9.43. The van der Waals surface area contributed by atoms with Gasteiger partial charge >= 0.3 is 5.97 Å². The van der Waals surface area contributed by atoms with Crippen LogP contribution in [-0.2, 0) is 19.1 Å². The Labute approximate surface area is 191 Å². The van der Waals surface area contributed by atoms with Crippen LogP contribution < -0.4 is 0 Å². The Balaban J connectivity index is 0.00000141. The van der Waals surface area contributed by atoms with E-state index in [9.17, 15) is 19.5 Å². The maximum Gasteiger partial charge on any atom is 0.339 e. The first kappa shape index (κ1) is 24.7. The largest absolute Gasteiger partial charge is 0.489 e. The summed E-state index contributed by atoms with van der Waals surface area (Å²) in [6.45, 7) is 14.2. The third-order valence-corrected chi connectivity index (χ3v) is 9.61. The molecule has 3 aliphatic carbocycles. The van der Waals surface area contributed by atoms with Crippen LogP contribution >= 0.6 is 0 Å². The Morgan fingerprint density at radius 1 is 1.06 bits per heavy atom. The summed E-state index contributed by atoms with van der Waals surface area (Å²) in [6, 6.07) is 0. The normalized spacial score (nSPS) is 40.4. The molecule has 2 N–H and O–H groups in total. The number of hydrogen-bond donors (Lipinski definition) is 2. The van der Waals surface area contributed by atoms with Gasteiger partial charge in [-0.05, 0) is 57.4 Å². The number of Topliss-reactive ketones (excluding diaryl/α,β-unsaturated/α-hetero) is 2. The van der Waals surface area contributed by atoms with E-state index in [1.807, 2.05) is 6.92 Å². The van der Waals surface area contributed by atoms with Gasteiger partial charge in [0.25, 0.3) is 0 Å². The van der Waals surface area contributed by atoms with Crippen molar-refractivity contribution in [3.05, 3.63) is 22.5 Å². The van der Waals surface area contributed by atoms with Gasteiger partial charge in [-0.1, -0.05) is 27.7 Å². The highest BCUT2D eigenvalue weighted by Crippen LogP contribution is 2.70. The van der Waals surface area contributed by atoms with Gasteiger partial charge in [-0.15, -0.1) is 0 Å². The number of carboxylic acids is 1. The number of ether oxygens (including phenoxy) is 1. The van der Waals surface area contributed by atoms with Crippen molar-refractivity contribution >= 4 is 17.5 Å². The molecule has 0 amide bonds. The number of aliphatic carboxylic acids is 1. The second-order valence-electron chi connectivity index (χ2n) is 11.2. The number of aliphatic hydroxyl groups is 1. The first-order valence-corrected chi connectivity index (χ1v) is 11.6. The van der Waals surface area contributed by atoms with Gasteiger partial charge in [0.2, 0.25) is 0 Å². The van der Waals surface area contributed by atoms with Crippen LogP contribution in [-0.4, -0.2) is 40.5 Å². The Hall–Kier alpha value is -1.95. The maximum absolute atomic E-state index is 12.9. The van der Waals surface area contributed by atoms with Crippen LogP contribution in [0.5, 0.6) is 0 Å². The molecule has 0 aromatic carbocycles. The molecule has 1 heterocycles. The SMILES string of the molecule is CC1=C2O[C@@]3(C[C@]2(C)C(C)=C(C(=O)O)C1=O)[C@@H](C)CC[C@H]1C(C)(C)C(=O)CC[C@@]13C.CO. The van der Waals surface area contributed by atoms with Gasteiger partial charge < -0.3 is 14.9 Å².